The van der Waals surface area contributed by atoms with Gasteiger partial charge in [-0.2, -0.15) is 0 Å². The molecule has 1 unspecified atom stereocenters. The highest BCUT2D eigenvalue weighted by Gasteiger charge is 2.28. The van der Waals surface area contributed by atoms with Crippen LogP contribution in [0.4, 0.5) is 0 Å². The van der Waals surface area contributed by atoms with Crippen LogP contribution in [0, 0.1) is 0 Å². The normalized spacial score (nSPS) is 24.4. The number of hydrogen-bond donors (Lipinski definition) is 2. The maximum absolute atomic E-state index is 11.7. The van der Waals surface area contributed by atoms with E-state index in [4.69, 9.17) is 4.74 Å². The lowest BCUT2D eigenvalue weighted by molar-refractivity contribution is -0.122. The van der Waals surface area contributed by atoms with Gasteiger partial charge >= 0.3 is 0 Å². The number of ether oxygens (including phenoxy) is 1. The lowest BCUT2D eigenvalue weighted by atomic mass is 9.94. The first-order valence-corrected chi connectivity index (χ1v) is 6.36. The predicted molar refractivity (Wildman–Crippen MR) is 69.0 cm³/mol. The minimum Gasteiger partial charge on any atom is -0.375 e. The van der Waals surface area contributed by atoms with Crippen LogP contribution in [-0.2, 0) is 9.53 Å². The number of amides is 1. The summed E-state index contributed by atoms with van der Waals surface area (Å²) in [6.45, 7) is 11.3. The van der Waals surface area contributed by atoms with Crippen molar-refractivity contribution in [3.05, 3.63) is 0 Å². The minimum atomic E-state index is -0.159. The van der Waals surface area contributed by atoms with Crippen molar-refractivity contribution in [1.29, 1.82) is 0 Å². The Balaban J connectivity index is 2.29. The highest BCUT2D eigenvalue weighted by molar-refractivity contribution is 5.78. The van der Waals surface area contributed by atoms with E-state index in [-0.39, 0.29) is 17.0 Å². The third-order valence-electron chi connectivity index (χ3n) is 2.76. The molecule has 1 amide bonds. The Labute approximate surface area is 104 Å². The lowest BCUT2D eigenvalue weighted by Crippen LogP contribution is -2.49. The van der Waals surface area contributed by atoms with Gasteiger partial charge in [0.15, 0.2) is 0 Å². The highest BCUT2D eigenvalue weighted by atomic mass is 16.5. The van der Waals surface area contributed by atoms with Crippen LogP contribution in [0.15, 0.2) is 0 Å². The molecule has 0 aromatic carbocycles. The van der Waals surface area contributed by atoms with Gasteiger partial charge in [0.2, 0.25) is 5.91 Å². The van der Waals surface area contributed by atoms with Crippen molar-refractivity contribution < 1.29 is 9.53 Å². The van der Waals surface area contributed by atoms with E-state index in [9.17, 15) is 4.79 Å². The highest BCUT2D eigenvalue weighted by Crippen LogP contribution is 2.23. The third kappa shape index (κ3) is 6.03. The van der Waals surface area contributed by atoms with Crippen LogP contribution in [0.3, 0.4) is 0 Å². The average Bonchev–Trinajstić information content (AvgIpc) is 2.10. The van der Waals surface area contributed by atoms with Crippen molar-refractivity contribution in [2.75, 3.05) is 13.2 Å². The Morgan fingerprint density at radius 1 is 1.41 bits per heavy atom. The van der Waals surface area contributed by atoms with Gasteiger partial charge in [0.25, 0.3) is 0 Å². The van der Waals surface area contributed by atoms with Gasteiger partial charge in [-0.05, 0) is 47.5 Å². The zero-order valence-electron chi connectivity index (χ0n) is 11.7. The topological polar surface area (TPSA) is 50.4 Å². The molecule has 1 saturated heterocycles. The molecular formula is C13H26N2O2. The summed E-state index contributed by atoms with van der Waals surface area (Å²) in [5.41, 5.74) is -0.232. The van der Waals surface area contributed by atoms with Crippen LogP contribution in [-0.4, -0.2) is 36.2 Å². The van der Waals surface area contributed by atoms with E-state index in [2.05, 4.69) is 24.5 Å². The molecule has 1 rings (SSSR count). The number of nitrogens with one attached hydrogen (secondary N) is 2. The Kier molecular flexibility index (Phi) is 4.55. The van der Waals surface area contributed by atoms with Crippen LogP contribution in [0.5, 0.6) is 0 Å². The second kappa shape index (κ2) is 5.36. The predicted octanol–water partition coefficient (Wildman–Crippen LogP) is 1.45. The van der Waals surface area contributed by atoms with Crippen LogP contribution in [0.2, 0.25) is 0 Å². The second-order valence-corrected chi connectivity index (χ2v) is 6.48. The van der Waals surface area contributed by atoms with Crippen molar-refractivity contribution in [2.24, 2.45) is 0 Å². The zero-order valence-corrected chi connectivity index (χ0v) is 11.7. The summed E-state index contributed by atoms with van der Waals surface area (Å²) < 4.78 is 5.64. The fourth-order valence-electron chi connectivity index (χ4n) is 2.11. The Hall–Kier alpha value is -0.610. The number of carbonyl (C=O) groups is 1. The van der Waals surface area contributed by atoms with E-state index in [0.29, 0.717) is 12.6 Å². The molecule has 1 aliphatic heterocycles. The standard InChI is InChI=1S/C13H26N2O2/c1-12(2,3)15-11(16)9-14-10-6-7-17-13(4,5)8-10/h10,14H,6-9H2,1-5H3,(H,15,16). The van der Waals surface area contributed by atoms with Crippen LogP contribution < -0.4 is 10.6 Å². The van der Waals surface area contributed by atoms with Gasteiger partial charge in [0, 0.05) is 18.2 Å². The molecule has 0 spiro atoms. The fourth-order valence-corrected chi connectivity index (χ4v) is 2.11. The van der Waals surface area contributed by atoms with E-state index in [0.717, 1.165) is 19.4 Å². The van der Waals surface area contributed by atoms with Crippen LogP contribution in [0.25, 0.3) is 0 Å². The summed E-state index contributed by atoms with van der Waals surface area (Å²) >= 11 is 0. The molecule has 2 N–H and O–H groups in total. The molecule has 4 heteroatoms. The summed E-state index contributed by atoms with van der Waals surface area (Å²) in [5, 5.41) is 6.25. The Morgan fingerprint density at radius 3 is 2.59 bits per heavy atom. The first kappa shape index (κ1) is 14.5. The van der Waals surface area contributed by atoms with Gasteiger partial charge in [-0.1, -0.05) is 0 Å². The quantitative estimate of drug-likeness (QED) is 0.787. The Morgan fingerprint density at radius 2 is 2.06 bits per heavy atom. The molecule has 17 heavy (non-hydrogen) atoms. The van der Waals surface area contributed by atoms with Crippen molar-refractivity contribution in [3.63, 3.8) is 0 Å². The molecule has 0 bridgehead atoms. The summed E-state index contributed by atoms with van der Waals surface area (Å²) in [5.74, 6) is 0.0572. The largest absolute Gasteiger partial charge is 0.375 e. The first-order valence-electron chi connectivity index (χ1n) is 6.36. The van der Waals surface area contributed by atoms with Gasteiger partial charge in [-0.15, -0.1) is 0 Å². The van der Waals surface area contributed by atoms with Crippen molar-refractivity contribution in [2.45, 2.75) is 64.6 Å². The van der Waals surface area contributed by atoms with Crippen molar-refractivity contribution in [3.8, 4) is 0 Å². The molecule has 0 saturated carbocycles. The molecule has 1 fully saturated rings. The average molecular weight is 242 g/mol. The van der Waals surface area contributed by atoms with Crippen molar-refractivity contribution >= 4 is 5.91 Å². The number of carbonyl (C=O) groups excluding carboxylic acids is 1. The molecule has 0 aliphatic carbocycles. The first-order chi connectivity index (χ1) is 7.68. The monoisotopic (exact) mass is 242 g/mol. The molecule has 0 aromatic rings. The smallest absolute Gasteiger partial charge is 0.234 e. The van der Waals surface area contributed by atoms with E-state index in [1.54, 1.807) is 0 Å². The summed E-state index contributed by atoms with van der Waals surface area (Å²) in [6, 6.07) is 0.379. The van der Waals surface area contributed by atoms with Gasteiger partial charge < -0.3 is 15.4 Å². The summed E-state index contributed by atoms with van der Waals surface area (Å²) in [6.07, 6.45) is 1.93. The van der Waals surface area contributed by atoms with E-state index < -0.39 is 0 Å². The summed E-state index contributed by atoms with van der Waals surface area (Å²) in [4.78, 5) is 11.7. The minimum absolute atomic E-state index is 0.0572. The van der Waals surface area contributed by atoms with E-state index >= 15 is 0 Å². The molecule has 4 nitrogen and oxygen atoms in total. The van der Waals surface area contributed by atoms with Crippen LogP contribution >= 0.6 is 0 Å². The Bertz CT molecular complexity index is 269. The molecule has 1 atom stereocenters. The maximum Gasteiger partial charge on any atom is 0.234 e. The van der Waals surface area contributed by atoms with Gasteiger partial charge in [-0.25, -0.2) is 0 Å². The molecule has 0 radical (unpaired) electrons. The number of hydrogen-bond acceptors (Lipinski definition) is 3. The van der Waals surface area contributed by atoms with E-state index in [1.165, 1.54) is 0 Å². The molecule has 0 aromatic heterocycles. The fraction of sp³-hybridized carbons (Fsp3) is 0.923. The second-order valence-electron chi connectivity index (χ2n) is 6.48. The maximum atomic E-state index is 11.7. The molecule has 1 aliphatic rings. The van der Waals surface area contributed by atoms with Gasteiger partial charge in [-0.3, -0.25) is 4.79 Å². The number of rotatable bonds is 3. The van der Waals surface area contributed by atoms with Gasteiger partial charge in [0.05, 0.1) is 12.1 Å². The van der Waals surface area contributed by atoms with Crippen LogP contribution in [0.1, 0.15) is 47.5 Å². The SMILES string of the molecule is CC(C)(C)NC(=O)CNC1CCOC(C)(C)C1. The van der Waals surface area contributed by atoms with Gasteiger partial charge in [0.1, 0.15) is 0 Å². The zero-order chi connectivity index (χ0) is 13.1. The van der Waals surface area contributed by atoms with Crippen molar-refractivity contribution in [1.82, 2.24) is 10.6 Å². The molecule has 100 valence electrons. The third-order valence-corrected chi connectivity index (χ3v) is 2.76. The molecular weight excluding hydrogens is 216 g/mol. The lowest BCUT2D eigenvalue weighted by Gasteiger charge is -2.36. The van der Waals surface area contributed by atoms with E-state index in [1.807, 2.05) is 20.8 Å². The summed E-state index contributed by atoms with van der Waals surface area (Å²) in [7, 11) is 0. The molecule has 1 heterocycles.